The minimum Gasteiger partial charge on any atom is -0.299 e. The van der Waals surface area contributed by atoms with Gasteiger partial charge in [-0.1, -0.05) is 34.8 Å². The maximum atomic E-state index is 11.8. The lowest BCUT2D eigenvalue weighted by molar-refractivity contribution is -0.131. The van der Waals surface area contributed by atoms with Gasteiger partial charge in [0.1, 0.15) is 17.5 Å². The highest BCUT2D eigenvalue weighted by molar-refractivity contribution is 6.44. The Bertz CT molecular complexity index is 481. The van der Waals surface area contributed by atoms with Crippen molar-refractivity contribution >= 4 is 46.4 Å². The van der Waals surface area contributed by atoms with Crippen molar-refractivity contribution in [2.75, 3.05) is 0 Å². The second-order valence-electron chi connectivity index (χ2n) is 4.01. The van der Waals surface area contributed by atoms with Gasteiger partial charge in [0.25, 0.3) is 0 Å². The van der Waals surface area contributed by atoms with Gasteiger partial charge in [-0.05, 0) is 24.1 Å². The van der Waals surface area contributed by atoms with Crippen LogP contribution in [0, 0.1) is 0 Å². The van der Waals surface area contributed by atoms with Gasteiger partial charge in [-0.3, -0.25) is 9.59 Å². The van der Waals surface area contributed by atoms with Crippen molar-refractivity contribution in [3.05, 3.63) is 32.8 Å². The summed E-state index contributed by atoms with van der Waals surface area (Å²) in [5.41, 5.74) is 0.430. The monoisotopic (exact) mass is 290 g/mol. The second kappa shape index (κ2) is 4.97. The van der Waals surface area contributed by atoms with Gasteiger partial charge >= 0.3 is 0 Å². The lowest BCUT2D eigenvalue weighted by Crippen LogP contribution is -2.26. The molecule has 0 amide bonds. The Hall–Kier alpha value is -0.570. The molecule has 0 heterocycles. The molecule has 2 nitrogen and oxygen atoms in total. The Morgan fingerprint density at radius 2 is 1.59 bits per heavy atom. The summed E-state index contributed by atoms with van der Waals surface area (Å²) >= 11 is 17.8. The third-order valence-electron chi connectivity index (χ3n) is 2.82. The highest BCUT2D eigenvalue weighted by atomic mass is 35.5. The van der Waals surface area contributed by atoms with Gasteiger partial charge in [0.15, 0.2) is 0 Å². The molecule has 0 spiro atoms. The zero-order valence-corrected chi connectivity index (χ0v) is 11.1. The van der Waals surface area contributed by atoms with E-state index in [2.05, 4.69) is 0 Å². The van der Waals surface area contributed by atoms with Gasteiger partial charge in [-0.2, -0.15) is 0 Å². The molecule has 1 aliphatic carbocycles. The topological polar surface area (TPSA) is 34.1 Å². The van der Waals surface area contributed by atoms with Crippen molar-refractivity contribution in [2.45, 2.75) is 25.2 Å². The first-order valence-corrected chi connectivity index (χ1v) is 6.34. The number of carbonyl (C=O) groups is 2. The molecule has 0 unspecified atom stereocenters. The van der Waals surface area contributed by atoms with Crippen LogP contribution >= 0.6 is 34.8 Å². The molecule has 0 N–H and O–H groups in total. The number of ketones is 2. The lowest BCUT2D eigenvalue weighted by Gasteiger charge is -2.21. The first kappa shape index (κ1) is 12.9. The predicted molar refractivity (Wildman–Crippen MR) is 68.1 cm³/mol. The van der Waals surface area contributed by atoms with Crippen molar-refractivity contribution in [1.82, 2.24) is 0 Å². The standard InChI is InChI=1S/C12H9Cl3O2/c13-6-4-7(12(15)8(14)5-6)11-9(16)2-1-3-10(11)17/h4-5,11H,1-3H2. The molecule has 0 saturated heterocycles. The van der Waals surface area contributed by atoms with Gasteiger partial charge in [0.05, 0.1) is 10.0 Å². The fraction of sp³-hybridized carbons (Fsp3) is 0.333. The molecule has 1 fully saturated rings. The largest absolute Gasteiger partial charge is 0.299 e. The smallest absolute Gasteiger partial charge is 0.147 e. The summed E-state index contributed by atoms with van der Waals surface area (Å²) in [7, 11) is 0. The molecule has 1 saturated carbocycles. The van der Waals surface area contributed by atoms with Gasteiger partial charge < -0.3 is 0 Å². The van der Waals surface area contributed by atoms with Crippen LogP contribution in [-0.2, 0) is 9.59 Å². The number of benzene rings is 1. The van der Waals surface area contributed by atoms with E-state index in [1.165, 1.54) is 6.07 Å². The SMILES string of the molecule is O=C1CCCC(=O)C1c1cc(Cl)cc(Cl)c1Cl. The Kier molecular flexibility index (Phi) is 3.76. The van der Waals surface area contributed by atoms with Crippen LogP contribution < -0.4 is 0 Å². The first-order chi connectivity index (χ1) is 8.00. The van der Waals surface area contributed by atoms with E-state index in [9.17, 15) is 9.59 Å². The molecule has 0 aliphatic heterocycles. The average molecular weight is 292 g/mol. The van der Waals surface area contributed by atoms with Crippen molar-refractivity contribution in [2.24, 2.45) is 0 Å². The molecule has 0 radical (unpaired) electrons. The van der Waals surface area contributed by atoms with Crippen molar-refractivity contribution in [3.63, 3.8) is 0 Å². The second-order valence-corrected chi connectivity index (χ2v) is 5.23. The van der Waals surface area contributed by atoms with Crippen LogP contribution in [0.25, 0.3) is 0 Å². The number of rotatable bonds is 1. The van der Waals surface area contributed by atoms with Gasteiger partial charge in [-0.25, -0.2) is 0 Å². The predicted octanol–water partition coefficient (Wildman–Crippen LogP) is 4.05. The Morgan fingerprint density at radius 1 is 1.00 bits per heavy atom. The van der Waals surface area contributed by atoms with E-state index >= 15 is 0 Å². The van der Waals surface area contributed by atoms with E-state index in [1.807, 2.05) is 0 Å². The quantitative estimate of drug-likeness (QED) is 0.578. The highest BCUT2D eigenvalue weighted by Crippen LogP contribution is 2.37. The summed E-state index contributed by atoms with van der Waals surface area (Å²) in [6, 6.07) is 3.04. The van der Waals surface area contributed by atoms with E-state index in [1.54, 1.807) is 6.07 Å². The molecule has 90 valence electrons. The number of carbonyl (C=O) groups excluding carboxylic acids is 2. The number of halogens is 3. The summed E-state index contributed by atoms with van der Waals surface area (Å²) in [6.07, 6.45) is 1.41. The van der Waals surface area contributed by atoms with Crippen LogP contribution in [0.5, 0.6) is 0 Å². The first-order valence-electron chi connectivity index (χ1n) is 5.20. The van der Waals surface area contributed by atoms with Gasteiger partial charge in [-0.15, -0.1) is 0 Å². The summed E-state index contributed by atoms with van der Waals surface area (Å²) < 4.78 is 0. The van der Waals surface area contributed by atoms with E-state index in [-0.39, 0.29) is 21.6 Å². The van der Waals surface area contributed by atoms with E-state index in [0.29, 0.717) is 29.8 Å². The number of hydrogen-bond donors (Lipinski definition) is 0. The van der Waals surface area contributed by atoms with Crippen molar-refractivity contribution in [1.29, 1.82) is 0 Å². The number of hydrogen-bond acceptors (Lipinski definition) is 2. The summed E-state index contributed by atoms with van der Waals surface area (Å²) in [5.74, 6) is -1.02. The molecule has 2 rings (SSSR count). The minimum atomic E-state index is -0.799. The number of Topliss-reactive ketones (excluding diaryl/α,β-unsaturated/α-hetero) is 2. The van der Waals surface area contributed by atoms with Gasteiger partial charge in [0.2, 0.25) is 0 Å². The lowest BCUT2D eigenvalue weighted by atomic mass is 9.82. The molecule has 1 aliphatic rings. The highest BCUT2D eigenvalue weighted by Gasteiger charge is 2.33. The van der Waals surface area contributed by atoms with Crippen molar-refractivity contribution < 1.29 is 9.59 Å². The van der Waals surface area contributed by atoms with Gasteiger partial charge in [0, 0.05) is 17.9 Å². The molecule has 0 bridgehead atoms. The van der Waals surface area contributed by atoms with Crippen LogP contribution in [0.3, 0.4) is 0 Å². The van der Waals surface area contributed by atoms with E-state index in [0.717, 1.165) is 0 Å². The van der Waals surface area contributed by atoms with Crippen LogP contribution in [-0.4, -0.2) is 11.6 Å². The fourth-order valence-corrected chi connectivity index (χ4v) is 2.77. The maximum Gasteiger partial charge on any atom is 0.147 e. The van der Waals surface area contributed by atoms with Crippen LogP contribution in [0.1, 0.15) is 30.7 Å². The van der Waals surface area contributed by atoms with Crippen molar-refractivity contribution in [3.8, 4) is 0 Å². The summed E-state index contributed by atoms with van der Waals surface area (Å²) in [4.78, 5) is 23.6. The molecule has 1 aromatic rings. The maximum absolute atomic E-state index is 11.8. The van der Waals surface area contributed by atoms with E-state index in [4.69, 9.17) is 34.8 Å². The third-order valence-corrected chi connectivity index (χ3v) is 3.86. The molecular weight excluding hydrogens is 282 g/mol. The molecule has 17 heavy (non-hydrogen) atoms. The zero-order valence-electron chi connectivity index (χ0n) is 8.80. The minimum absolute atomic E-state index is 0.110. The molecule has 1 aromatic carbocycles. The Labute approximate surface area is 114 Å². The molecule has 0 aromatic heterocycles. The van der Waals surface area contributed by atoms with Crippen LogP contribution in [0.2, 0.25) is 15.1 Å². The average Bonchev–Trinajstić information content (AvgIpc) is 2.24. The normalized spacial score (nSPS) is 17.6. The molecule has 0 atom stereocenters. The molecular formula is C12H9Cl3O2. The summed E-state index contributed by atoms with van der Waals surface area (Å²) in [5, 5.41) is 0.880. The summed E-state index contributed by atoms with van der Waals surface area (Å²) in [6.45, 7) is 0. The van der Waals surface area contributed by atoms with Crippen LogP contribution in [0.4, 0.5) is 0 Å². The fourth-order valence-electron chi connectivity index (χ4n) is 2.04. The zero-order chi connectivity index (χ0) is 12.6. The van der Waals surface area contributed by atoms with Crippen LogP contribution in [0.15, 0.2) is 12.1 Å². The Morgan fingerprint density at radius 3 is 2.18 bits per heavy atom. The Balaban J connectivity index is 2.52. The third kappa shape index (κ3) is 2.49. The molecule has 5 heteroatoms. The van der Waals surface area contributed by atoms with E-state index < -0.39 is 5.92 Å².